The van der Waals surface area contributed by atoms with Gasteiger partial charge in [-0.05, 0) is 52.5 Å². The molecule has 2 saturated heterocycles. The van der Waals surface area contributed by atoms with Gasteiger partial charge in [-0.15, -0.1) is 0 Å². The lowest BCUT2D eigenvalue weighted by atomic mass is 9.95. The van der Waals surface area contributed by atoms with Crippen molar-refractivity contribution in [3.05, 3.63) is 0 Å². The Balaban J connectivity index is 1.74. The van der Waals surface area contributed by atoms with Crippen LogP contribution in [-0.4, -0.2) is 48.8 Å². The molecular formula is C16H32N2O. The van der Waals surface area contributed by atoms with Crippen molar-refractivity contribution < 1.29 is 4.74 Å². The maximum absolute atomic E-state index is 5.72. The van der Waals surface area contributed by atoms with Crippen LogP contribution in [0.1, 0.15) is 59.3 Å². The first-order valence-corrected chi connectivity index (χ1v) is 8.22. The highest BCUT2D eigenvalue weighted by atomic mass is 16.5. The second-order valence-corrected chi connectivity index (χ2v) is 6.90. The number of hydrogen-bond acceptors (Lipinski definition) is 3. The molecule has 2 heterocycles. The summed E-state index contributed by atoms with van der Waals surface area (Å²) in [6.45, 7) is 11.6. The Hall–Kier alpha value is -0.120. The molecule has 2 aliphatic rings. The fraction of sp³-hybridized carbons (Fsp3) is 1.00. The molecule has 0 spiro atoms. The topological polar surface area (TPSA) is 24.5 Å². The van der Waals surface area contributed by atoms with Gasteiger partial charge < -0.3 is 10.1 Å². The normalized spacial score (nSPS) is 31.7. The maximum atomic E-state index is 5.72. The Morgan fingerprint density at radius 1 is 1.32 bits per heavy atom. The monoisotopic (exact) mass is 268 g/mol. The SMILES string of the molecule is CCCC1CN(CCCC2CCCO2)C(C)(C)CN1. The molecule has 0 aromatic heterocycles. The molecule has 0 aromatic rings. The first-order valence-electron chi connectivity index (χ1n) is 8.22. The molecule has 0 saturated carbocycles. The summed E-state index contributed by atoms with van der Waals surface area (Å²) in [5.41, 5.74) is 0.306. The van der Waals surface area contributed by atoms with Crippen LogP contribution in [0.25, 0.3) is 0 Å². The number of rotatable bonds is 6. The molecular weight excluding hydrogens is 236 g/mol. The molecule has 0 radical (unpaired) electrons. The number of ether oxygens (including phenoxy) is 1. The zero-order valence-electron chi connectivity index (χ0n) is 13.1. The highest BCUT2D eigenvalue weighted by molar-refractivity contribution is 4.92. The van der Waals surface area contributed by atoms with Crippen molar-refractivity contribution >= 4 is 0 Å². The molecule has 0 bridgehead atoms. The highest BCUT2D eigenvalue weighted by Gasteiger charge is 2.33. The zero-order chi connectivity index (χ0) is 13.7. The Labute approximate surface area is 119 Å². The Kier molecular flexibility index (Phi) is 5.67. The molecule has 1 N–H and O–H groups in total. The van der Waals surface area contributed by atoms with Gasteiger partial charge in [0.25, 0.3) is 0 Å². The van der Waals surface area contributed by atoms with E-state index in [-0.39, 0.29) is 0 Å². The van der Waals surface area contributed by atoms with Crippen LogP contribution in [0.5, 0.6) is 0 Å². The van der Waals surface area contributed by atoms with Crippen molar-refractivity contribution in [1.82, 2.24) is 10.2 Å². The minimum atomic E-state index is 0.306. The Morgan fingerprint density at radius 3 is 2.84 bits per heavy atom. The predicted molar refractivity (Wildman–Crippen MR) is 80.6 cm³/mol. The van der Waals surface area contributed by atoms with E-state index in [4.69, 9.17) is 4.74 Å². The molecule has 19 heavy (non-hydrogen) atoms. The van der Waals surface area contributed by atoms with Crippen LogP contribution >= 0.6 is 0 Å². The molecule has 0 aromatic carbocycles. The van der Waals surface area contributed by atoms with Crippen LogP contribution < -0.4 is 5.32 Å². The van der Waals surface area contributed by atoms with E-state index < -0.39 is 0 Å². The smallest absolute Gasteiger partial charge is 0.0576 e. The number of nitrogens with zero attached hydrogens (tertiary/aromatic N) is 1. The lowest BCUT2D eigenvalue weighted by molar-refractivity contribution is 0.0526. The van der Waals surface area contributed by atoms with Gasteiger partial charge in [0.15, 0.2) is 0 Å². The van der Waals surface area contributed by atoms with Crippen LogP contribution in [0.4, 0.5) is 0 Å². The minimum Gasteiger partial charge on any atom is -0.378 e. The van der Waals surface area contributed by atoms with E-state index in [0.717, 1.165) is 13.2 Å². The van der Waals surface area contributed by atoms with Crippen LogP contribution in [-0.2, 0) is 4.74 Å². The standard InChI is InChI=1S/C16H32N2O/c1-4-7-14-12-18(16(2,3)13-17-14)10-5-8-15-9-6-11-19-15/h14-15,17H,4-13H2,1-3H3. The second kappa shape index (κ2) is 7.05. The van der Waals surface area contributed by atoms with Gasteiger partial charge in [0.2, 0.25) is 0 Å². The van der Waals surface area contributed by atoms with Gasteiger partial charge in [-0.1, -0.05) is 13.3 Å². The molecule has 2 atom stereocenters. The summed E-state index contributed by atoms with van der Waals surface area (Å²) in [6, 6.07) is 0.695. The molecule has 2 fully saturated rings. The Bertz CT molecular complexity index is 261. The summed E-state index contributed by atoms with van der Waals surface area (Å²) in [5.74, 6) is 0. The van der Waals surface area contributed by atoms with Crippen LogP contribution in [0, 0.1) is 0 Å². The molecule has 2 unspecified atom stereocenters. The first-order chi connectivity index (χ1) is 9.12. The number of piperazine rings is 1. The molecule has 2 aliphatic heterocycles. The predicted octanol–water partition coefficient (Wildman–Crippen LogP) is 2.80. The summed E-state index contributed by atoms with van der Waals surface area (Å²) in [4.78, 5) is 2.69. The van der Waals surface area contributed by atoms with Crippen molar-refractivity contribution in [2.45, 2.75) is 77.0 Å². The average molecular weight is 268 g/mol. The third kappa shape index (κ3) is 4.44. The van der Waals surface area contributed by atoms with Gasteiger partial charge in [-0.25, -0.2) is 0 Å². The van der Waals surface area contributed by atoms with E-state index in [1.807, 2.05) is 0 Å². The van der Waals surface area contributed by atoms with Gasteiger partial charge in [0, 0.05) is 31.3 Å². The Morgan fingerprint density at radius 2 is 2.16 bits per heavy atom. The third-order valence-electron chi connectivity index (χ3n) is 4.74. The summed E-state index contributed by atoms with van der Waals surface area (Å²) in [6.07, 6.45) is 8.22. The van der Waals surface area contributed by atoms with Crippen molar-refractivity contribution in [1.29, 1.82) is 0 Å². The zero-order valence-corrected chi connectivity index (χ0v) is 13.1. The van der Waals surface area contributed by atoms with E-state index in [1.54, 1.807) is 0 Å². The summed E-state index contributed by atoms with van der Waals surface area (Å²) < 4.78 is 5.72. The molecule has 3 nitrogen and oxygen atoms in total. The molecule has 3 heteroatoms. The second-order valence-electron chi connectivity index (χ2n) is 6.90. The van der Waals surface area contributed by atoms with Crippen molar-refractivity contribution in [2.24, 2.45) is 0 Å². The van der Waals surface area contributed by atoms with Crippen LogP contribution in [0.3, 0.4) is 0 Å². The van der Waals surface area contributed by atoms with E-state index in [2.05, 4.69) is 31.0 Å². The fourth-order valence-electron chi connectivity index (χ4n) is 3.40. The molecule has 112 valence electrons. The third-order valence-corrected chi connectivity index (χ3v) is 4.74. The minimum absolute atomic E-state index is 0.306. The lowest BCUT2D eigenvalue weighted by Gasteiger charge is -2.46. The summed E-state index contributed by atoms with van der Waals surface area (Å²) in [7, 11) is 0. The molecule has 0 amide bonds. The quantitative estimate of drug-likeness (QED) is 0.801. The average Bonchev–Trinajstić information content (AvgIpc) is 2.87. The largest absolute Gasteiger partial charge is 0.378 e. The van der Waals surface area contributed by atoms with Crippen LogP contribution in [0.2, 0.25) is 0 Å². The lowest BCUT2D eigenvalue weighted by Crippen LogP contribution is -2.62. The van der Waals surface area contributed by atoms with Gasteiger partial charge in [0.1, 0.15) is 0 Å². The van der Waals surface area contributed by atoms with Crippen molar-refractivity contribution in [3.63, 3.8) is 0 Å². The van der Waals surface area contributed by atoms with E-state index in [0.29, 0.717) is 17.7 Å². The van der Waals surface area contributed by atoms with E-state index >= 15 is 0 Å². The first kappa shape index (κ1) is 15.3. The highest BCUT2D eigenvalue weighted by Crippen LogP contribution is 2.22. The molecule has 0 aliphatic carbocycles. The van der Waals surface area contributed by atoms with Gasteiger partial charge in [-0.2, -0.15) is 0 Å². The van der Waals surface area contributed by atoms with Gasteiger partial charge in [0.05, 0.1) is 6.10 Å². The number of hydrogen-bond donors (Lipinski definition) is 1. The molecule has 2 rings (SSSR count). The van der Waals surface area contributed by atoms with Gasteiger partial charge in [-0.3, -0.25) is 4.90 Å². The number of nitrogens with one attached hydrogen (secondary N) is 1. The summed E-state index contributed by atoms with van der Waals surface area (Å²) >= 11 is 0. The van der Waals surface area contributed by atoms with Crippen LogP contribution in [0.15, 0.2) is 0 Å². The fourth-order valence-corrected chi connectivity index (χ4v) is 3.40. The summed E-state index contributed by atoms with van der Waals surface area (Å²) in [5, 5.41) is 3.71. The van der Waals surface area contributed by atoms with Crippen molar-refractivity contribution in [2.75, 3.05) is 26.2 Å². The van der Waals surface area contributed by atoms with E-state index in [9.17, 15) is 0 Å². The maximum Gasteiger partial charge on any atom is 0.0576 e. The van der Waals surface area contributed by atoms with Gasteiger partial charge >= 0.3 is 0 Å². The van der Waals surface area contributed by atoms with Crippen molar-refractivity contribution in [3.8, 4) is 0 Å². The van der Waals surface area contributed by atoms with E-state index in [1.165, 1.54) is 51.6 Å².